The lowest BCUT2D eigenvalue weighted by atomic mass is 10.0. The van der Waals surface area contributed by atoms with Gasteiger partial charge in [-0.3, -0.25) is 10.2 Å². The Bertz CT molecular complexity index is 1280. The third-order valence-corrected chi connectivity index (χ3v) is 6.39. The molecule has 1 atom stereocenters. The second-order valence-electron chi connectivity index (χ2n) is 7.57. The Labute approximate surface area is 192 Å². The summed E-state index contributed by atoms with van der Waals surface area (Å²) >= 11 is 0. The zero-order valence-corrected chi connectivity index (χ0v) is 19.6. The molecule has 11 heteroatoms. The Kier molecular flexibility index (Phi) is 6.94. The first-order chi connectivity index (χ1) is 15.5. The molecule has 0 saturated heterocycles. The first-order valence-electron chi connectivity index (χ1n) is 10.1. The lowest BCUT2D eigenvalue weighted by Crippen LogP contribution is -2.43. The van der Waals surface area contributed by atoms with Crippen LogP contribution in [0.3, 0.4) is 0 Å². The maximum Gasteiger partial charge on any atom is 0.303 e. The fourth-order valence-corrected chi connectivity index (χ4v) is 3.72. The number of furan rings is 1. The first-order valence-corrected chi connectivity index (χ1v) is 11.6. The number of amides is 1. The van der Waals surface area contributed by atoms with Crippen LogP contribution in [0, 0.1) is 12.3 Å². The molecular formula is C22H27N5O5S. The molecule has 2 aromatic carbocycles. The van der Waals surface area contributed by atoms with E-state index in [0.717, 1.165) is 15.3 Å². The summed E-state index contributed by atoms with van der Waals surface area (Å²) in [6, 6.07) is 8.90. The van der Waals surface area contributed by atoms with Gasteiger partial charge in [-0.25, -0.2) is 4.72 Å². The van der Waals surface area contributed by atoms with Gasteiger partial charge in [0, 0.05) is 30.7 Å². The number of nitrogen functional groups attached to an aromatic ring is 1. The van der Waals surface area contributed by atoms with Crippen molar-refractivity contribution in [2.24, 2.45) is 5.73 Å². The molecule has 3 rings (SSSR count). The van der Waals surface area contributed by atoms with E-state index in [2.05, 4.69) is 10.0 Å². The number of benzene rings is 2. The Morgan fingerprint density at radius 2 is 1.91 bits per heavy atom. The number of carbonyl (C=O) groups is 1. The molecule has 0 saturated carbocycles. The predicted molar refractivity (Wildman–Crippen MR) is 127 cm³/mol. The van der Waals surface area contributed by atoms with E-state index in [4.69, 9.17) is 20.3 Å². The molecule has 1 aromatic heterocycles. The molecule has 1 unspecified atom stereocenters. The molecule has 0 aliphatic rings. The molecular weight excluding hydrogens is 446 g/mol. The molecule has 5 N–H and O–H groups in total. The van der Waals surface area contributed by atoms with Crippen LogP contribution in [0.4, 0.5) is 5.69 Å². The van der Waals surface area contributed by atoms with Crippen molar-refractivity contribution in [2.75, 3.05) is 26.0 Å². The van der Waals surface area contributed by atoms with Crippen LogP contribution in [0.25, 0.3) is 11.0 Å². The average Bonchev–Trinajstić information content (AvgIpc) is 3.13. The molecule has 0 radical (unpaired) electrons. The number of hydrogen-bond acceptors (Lipinski definition) is 7. The minimum Gasteiger partial charge on any atom is -0.490 e. The van der Waals surface area contributed by atoms with Crippen molar-refractivity contribution >= 4 is 38.6 Å². The van der Waals surface area contributed by atoms with E-state index in [9.17, 15) is 13.2 Å². The number of nitrogens with zero attached hydrogens (tertiary/aromatic N) is 1. The fourth-order valence-electron chi connectivity index (χ4n) is 3.17. The van der Waals surface area contributed by atoms with Gasteiger partial charge >= 0.3 is 10.2 Å². The van der Waals surface area contributed by atoms with Crippen LogP contribution in [0.5, 0.6) is 5.75 Å². The number of nitrogens with one attached hydrogen (secondary N) is 3. The van der Waals surface area contributed by atoms with Gasteiger partial charge in [0.25, 0.3) is 5.91 Å². The third kappa shape index (κ3) is 5.26. The Hall–Kier alpha value is -3.57. The monoisotopic (exact) mass is 473 g/mol. The number of aryl methyl sites for hydroxylation is 1. The third-order valence-electron chi connectivity index (χ3n) is 4.97. The zero-order valence-electron chi connectivity index (χ0n) is 18.8. The standard InChI is InChI=1S/C22H27N5O5S/c1-5-31-18-11-15(10-17-13(2)12-32-20(17)18)19(22(28)26-33(29,30)27(3)4)25-16-8-6-14(7-9-16)21(23)24/h6-12,19,25H,5H2,1-4H3,(H3,23,24)(H,26,28). The number of rotatable bonds is 9. The molecule has 0 aliphatic heterocycles. The van der Waals surface area contributed by atoms with E-state index in [1.54, 1.807) is 42.7 Å². The topological polar surface area (TPSA) is 151 Å². The maximum absolute atomic E-state index is 13.2. The van der Waals surface area contributed by atoms with Crippen molar-refractivity contribution in [1.82, 2.24) is 9.03 Å². The van der Waals surface area contributed by atoms with Crippen LogP contribution >= 0.6 is 0 Å². The molecule has 0 bridgehead atoms. The summed E-state index contributed by atoms with van der Waals surface area (Å²) in [7, 11) is -1.37. The van der Waals surface area contributed by atoms with Crippen LogP contribution < -0.4 is 20.5 Å². The molecule has 1 amide bonds. The molecule has 0 aliphatic carbocycles. The highest BCUT2D eigenvalue weighted by Crippen LogP contribution is 2.34. The lowest BCUT2D eigenvalue weighted by Gasteiger charge is -2.22. The van der Waals surface area contributed by atoms with Crippen molar-refractivity contribution in [3.05, 3.63) is 59.4 Å². The van der Waals surface area contributed by atoms with Crippen LogP contribution in [0.15, 0.2) is 47.1 Å². The van der Waals surface area contributed by atoms with Crippen molar-refractivity contribution in [3.8, 4) is 5.75 Å². The predicted octanol–water partition coefficient (Wildman–Crippen LogP) is 2.50. The Morgan fingerprint density at radius 1 is 1.24 bits per heavy atom. The van der Waals surface area contributed by atoms with Gasteiger partial charge in [-0.05, 0) is 61.4 Å². The van der Waals surface area contributed by atoms with Gasteiger partial charge in [-0.2, -0.15) is 12.7 Å². The van der Waals surface area contributed by atoms with E-state index in [-0.39, 0.29) is 5.84 Å². The van der Waals surface area contributed by atoms with Crippen LogP contribution in [-0.2, 0) is 15.0 Å². The average molecular weight is 474 g/mol. The van der Waals surface area contributed by atoms with E-state index in [1.807, 2.05) is 13.8 Å². The first kappa shape index (κ1) is 24.1. The highest BCUT2D eigenvalue weighted by atomic mass is 32.2. The van der Waals surface area contributed by atoms with Crippen LogP contribution in [0.1, 0.15) is 29.7 Å². The normalized spacial score (nSPS) is 12.5. The molecule has 33 heavy (non-hydrogen) atoms. The quantitative estimate of drug-likeness (QED) is 0.275. The highest BCUT2D eigenvalue weighted by molar-refractivity contribution is 7.87. The number of anilines is 1. The number of hydrogen-bond donors (Lipinski definition) is 4. The number of nitrogens with two attached hydrogens (primary N) is 1. The number of carbonyl (C=O) groups excluding carboxylic acids is 1. The summed E-state index contributed by atoms with van der Waals surface area (Å²) in [4.78, 5) is 13.2. The van der Waals surface area contributed by atoms with E-state index >= 15 is 0 Å². The van der Waals surface area contributed by atoms with Crippen LogP contribution in [0.2, 0.25) is 0 Å². The van der Waals surface area contributed by atoms with Gasteiger partial charge in [0.1, 0.15) is 11.9 Å². The largest absolute Gasteiger partial charge is 0.490 e. The summed E-state index contributed by atoms with van der Waals surface area (Å²) in [6.07, 6.45) is 1.59. The Balaban J connectivity index is 2.08. The minimum atomic E-state index is -4.02. The SMILES string of the molecule is CCOc1cc(C(Nc2ccc(C(=N)N)cc2)C(=O)NS(=O)(=O)N(C)C)cc2c(C)coc12. The second-order valence-corrected chi connectivity index (χ2v) is 9.45. The second kappa shape index (κ2) is 9.51. The van der Waals surface area contributed by atoms with Gasteiger partial charge in [-0.1, -0.05) is 0 Å². The lowest BCUT2D eigenvalue weighted by molar-refractivity contribution is -0.120. The summed E-state index contributed by atoms with van der Waals surface area (Å²) in [5, 5.41) is 11.4. The number of fused-ring (bicyclic) bond motifs is 1. The summed E-state index contributed by atoms with van der Waals surface area (Å²) in [6.45, 7) is 4.08. The Morgan fingerprint density at radius 3 is 2.48 bits per heavy atom. The van der Waals surface area contributed by atoms with Gasteiger partial charge in [0.05, 0.1) is 12.9 Å². The van der Waals surface area contributed by atoms with E-state index in [1.165, 1.54) is 14.1 Å². The molecule has 1 heterocycles. The summed E-state index contributed by atoms with van der Waals surface area (Å²) < 4.78 is 39.0. The maximum atomic E-state index is 13.2. The van der Waals surface area contributed by atoms with Gasteiger partial charge in [0.2, 0.25) is 0 Å². The highest BCUT2D eigenvalue weighted by Gasteiger charge is 2.28. The number of amidine groups is 1. The van der Waals surface area contributed by atoms with Gasteiger partial charge in [0.15, 0.2) is 11.3 Å². The molecule has 10 nitrogen and oxygen atoms in total. The summed E-state index contributed by atoms with van der Waals surface area (Å²) in [5.41, 5.74) is 8.43. The van der Waals surface area contributed by atoms with Gasteiger partial charge < -0.3 is 20.2 Å². The minimum absolute atomic E-state index is 0.0878. The van der Waals surface area contributed by atoms with E-state index < -0.39 is 22.2 Å². The number of ether oxygens (including phenoxy) is 1. The molecule has 0 fully saturated rings. The van der Waals surface area contributed by atoms with Crippen molar-refractivity contribution in [1.29, 1.82) is 5.41 Å². The molecule has 176 valence electrons. The molecule has 3 aromatic rings. The molecule has 0 spiro atoms. The summed E-state index contributed by atoms with van der Waals surface area (Å²) in [5.74, 6) is -0.419. The van der Waals surface area contributed by atoms with E-state index in [0.29, 0.717) is 34.8 Å². The van der Waals surface area contributed by atoms with Crippen molar-refractivity contribution in [2.45, 2.75) is 19.9 Å². The zero-order chi connectivity index (χ0) is 24.3. The van der Waals surface area contributed by atoms with Crippen molar-refractivity contribution < 1.29 is 22.4 Å². The fraction of sp³-hybridized carbons (Fsp3) is 0.273. The van der Waals surface area contributed by atoms with Crippen molar-refractivity contribution in [3.63, 3.8) is 0 Å². The van der Waals surface area contributed by atoms with Crippen LogP contribution in [-0.4, -0.2) is 45.2 Å². The smallest absolute Gasteiger partial charge is 0.303 e. The van der Waals surface area contributed by atoms with Gasteiger partial charge in [-0.15, -0.1) is 0 Å².